The van der Waals surface area contributed by atoms with Crippen molar-refractivity contribution in [2.45, 2.75) is 19.8 Å². The van der Waals surface area contributed by atoms with Gasteiger partial charge in [0.15, 0.2) is 5.84 Å². The number of hydrogen-bond donors (Lipinski definition) is 2. The van der Waals surface area contributed by atoms with Gasteiger partial charge in [0.1, 0.15) is 20.3 Å². The van der Waals surface area contributed by atoms with E-state index in [0.29, 0.717) is 36.5 Å². The Morgan fingerprint density at radius 3 is 2.56 bits per heavy atom. The van der Waals surface area contributed by atoms with Crippen LogP contribution in [0.25, 0.3) is 11.1 Å². The van der Waals surface area contributed by atoms with Gasteiger partial charge in [0.2, 0.25) is 12.8 Å². The highest BCUT2D eigenvalue weighted by atomic mass is 17.0. The molecule has 0 saturated carbocycles. The van der Waals surface area contributed by atoms with Crippen molar-refractivity contribution < 1.29 is 33.8 Å². The summed E-state index contributed by atoms with van der Waals surface area (Å²) < 4.78 is 11.1. The molecule has 0 aliphatic carbocycles. The number of amides is 1. The monoisotopic (exact) mass is 563 g/mol. The van der Waals surface area contributed by atoms with Gasteiger partial charge in [0.25, 0.3) is 5.09 Å². The van der Waals surface area contributed by atoms with E-state index in [2.05, 4.69) is 20.6 Å². The summed E-state index contributed by atoms with van der Waals surface area (Å²) in [7, 11) is 1.40. The SMILES string of the molecule is CCOC1Nc2cccc(C(=O)OCCO[N+](=O)[O-])c2N1Cc1ccc(-c2ccccc2/C(=N/OC)NC=O)cc1. The number of amidine groups is 1. The first-order chi connectivity index (χ1) is 20.0. The summed E-state index contributed by atoms with van der Waals surface area (Å²) in [6, 6.07) is 20.5. The molecule has 0 saturated heterocycles. The highest BCUT2D eigenvalue weighted by molar-refractivity contribution is 6.08. The molecule has 0 spiro atoms. The lowest BCUT2D eigenvalue weighted by Gasteiger charge is -2.27. The van der Waals surface area contributed by atoms with Crippen LogP contribution in [0.3, 0.4) is 0 Å². The predicted molar refractivity (Wildman–Crippen MR) is 150 cm³/mol. The van der Waals surface area contributed by atoms with E-state index in [1.54, 1.807) is 12.1 Å². The summed E-state index contributed by atoms with van der Waals surface area (Å²) in [6.07, 6.45) is 0.00296. The second kappa shape index (κ2) is 13.8. The molecule has 1 heterocycles. The van der Waals surface area contributed by atoms with Crippen LogP contribution in [-0.2, 0) is 30.5 Å². The first-order valence-corrected chi connectivity index (χ1v) is 12.7. The zero-order valence-electron chi connectivity index (χ0n) is 22.4. The van der Waals surface area contributed by atoms with E-state index >= 15 is 0 Å². The average Bonchev–Trinajstić information content (AvgIpc) is 3.32. The molecule has 3 aromatic carbocycles. The average molecular weight is 564 g/mol. The van der Waals surface area contributed by atoms with Crippen LogP contribution in [0.2, 0.25) is 0 Å². The number of hydrogen-bond acceptors (Lipinski definition) is 11. The van der Waals surface area contributed by atoms with Crippen molar-refractivity contribution in [3.63, 3.8) is 0 Å². The number of carbonyl (C=O) groups is 2. The number of ether oxygens (including phenoxy) is 2. The van der Waals surface area contributed by atoms with Crippen LogP contribution < -0.4 is 15.5 Å². The van der Waals surface area contributed by atoms with Gasteiger partial charge >= 0.3 is 5.97 Å². The summed E-state index contributed by atoms with van der Waals surface area (Å²) in [4.78, 5) is 45.4. The molecule has 3 aromatic rings. The third kappa shape index (κ3) is 6.89. The van der Waals surface area contributed by atoms with E-state index < -0.39 is 17.4 Å². The van der Waals surface area contributed by atoms with Crippen molar-refractivity contribution in [3.05, 3.63) is 93.5 Å². The number of oxime groups is 1. The van der Waals surface area contributed by atoms with Gasteiger partial charge in [-0.15, -0.1) is 10.1 Å². The highest BCUT2D eigenvalue weighted by Crippen LogP contribution is 2.39. The summed E-state index contributed by atoms with van der Waals surface area (Å²) in [5.74, 6) is -0.354. The fraction of sp³-hybridized carbons (Fsp3) is 0.250. The first kappa shape index (κ1) is 28.8. The minimum atomic E-state index is -0.940. The third-order valence-electron chi connectivity index (χ3n) is 6.12. The molecule has 1 unspecified atom stereocenters. The van der Waals surface area contributed by atoms with Crippen LogP contribution in [0.4, 0.5) is 11.4 Å². The molecule has 41 heavy (non-hydrogen) atoms. The molecular formula is C28H29N5O8. The Balaban J connectivity index is 1.59. The number of benzene rings is 3. The van der Waals surface area contributed by atoms with Gasteiger partial charge in [-0.2, -0.15) is 0 Å². The Kier molecular flexibility index (Phi) is 9.67. The van der Waals surface area contributed by atoms with E-state index in [1.807, 2.05) is 66.4 Å². The quantitative estimate of drug-likeness (QED) is 0.0600. The molecule has 1 amide bonds. The van der Waals surface area contributed by atoms with Crippen LogP contribution >= 0.6 is 0 Å². The fourth-order valence-electron chi connectivity index (χ4n) is 4.47. The molecule has 214 valence electrons. The standard InChI is InChI=1S/C28H29N5O8/c1-3-39-28-30-24-10-6-9-23(27(35)40-15-16-41-33(36)37)25(24)32(28)17-19-11-13-20(14-12-19)21-7-4-5-8-22(21)26(29-18-34)31-38-2/h4-14,18,28,30H,3,15-17H2,1-2H3,(H,29,31,34). The minimum Gasteiger partial charge on any atom is -0.460 e. The van der Waals surface area contributed by atoms with E-state index in [-0.39, 0.29) is 24.6 Å². The molecule has 0 radical (unpaired) electrons. The van der Waals surface area contributed by atoms with Crippen molar-refractivity contribution in [2.24, 2.45) is 5.16 Å². The molecule has 0 bridgehead atoms. The molecule has 2 N–H and O–H groups in total. The molecule has 13 nitrogen and oxygen atoms in total. The number of nitrogens with zero attached hydrogens (tertiary/aromatic N) is 3. The second-order valence-electron chi connectivity index (χ2n) is 8.60. The first-order valence-electron chi connectivity index (χ1n) is 12.7. The van der Waals surface area contributed by atoms with Gasteiger partial charge in [-0.1, -0.05) is 59.8 Å². The summed E-state index contributed by atoms with van der Waals surface area (Å²) >= 11 is 0. The van der Waals surface area contributed by atoms with Crippen molar-refractivity contribution in [3.8, 4) is 11.1 Å². The largest absolute Gasteiger partial charge is 0.460 e. The lowest BCUT2D eigenvalue weighted by atomic mass is 9.98. The maximum atomic E-state index is 12.9. The number of para-hydroxylation sites is 1. The van der Waals surface area contributed by atoms with Gasteiger partial charge < -0.3 is 34.7 Å². The van der Waals surface area contributed by atoms with Crippen LogP contribution in [0.15, 0.2) is 71.9 Å². The zero-order chi connectivity index (χ0) is 29.2. The molecule has 0 fully saturated rings. The lowest BCUT2D eigenvalue weighted by molar-refractivity contribution is -0.757. The van der Waals surface area contributed by atoms with Gasteiger partial charge in [-0.3, -0.25) is 4.79 Å². The van der Waals surface area contributed by atoms with Crippen LogP contribution in [0.5, 0.6) is 0 Å². The second-order valence-corrected chi connectivity index (χ2v) is 8.60. The van der Waals surface area contributed by atoms with Gasteiger partial charge in [0.05, 0.1) is 16.9 Å². The number of anilines is 2. The topological polar surface area (TPSA) is 154 Å². The van der Waals surface area contributed by atoms with Crippen molar-refractivity contribution in [1.29, 1.82) is 0 Å². The maximum Gasteiger partial charge on any atom is 0.340 e. The predicted octanol–water partition coefficient (Wildman–Crippen LogP) is 3.52. The number of fused-ring (bicyclic) bond motifs is 1. The molecule has 13 heteroatoms. The smallest absolute Gasteiger partial charge is 0.340 e. The zero-order valence-corrected chi connectivity index (χ0v) is 22.4. The number of carbonyl (C=O) groups excluding carboxylic acids is 2. The molecular weight excluding hydrogens is 534 g/mol. The highest BCUT2D eigenvalue weighted by Gasteiger charge is 2.33. The Labute approximate surface area is 235 Å². The number of nitrogens with one attached hydrogen (secondary N) is 2. The number of rotatable bonds is 13. The van der Waals surface area contributed by atoms with Crippen molar-refractivity contribution in [2.75, 3.05) is 37.1 Å². The molecule has 4 rings (SSSR count). The fourth-order valence-corrected chi connectivity index (χ4v) is 4.47. The molecule has 1 aliphatic heterocycles. The van der Waals surface area contributed by atoms with Crippen LogP contribution in [0, 0.1) is 10.1 Å². The van der Waals surface area contributed by atoms with Crippen LogP contribution in [-0.4, -0.2) is 56.6 Å². The normalized spacial score (nSPS) is 14.0. The van der Waals surface area contributed by atoms with Crippen molar-refractivity contribution in [1.82, 2.24) is 5.32 Å². The summed E-state index contributed by atoms with van der Waals surface area (Å²) in [6.45, 7) is 2.06. The Bertz CT molecular complexity index is 1410. The molecule has 1 atom stereocenters. The van der Waals surface area contributed by atoms with Gasteiger partial charge in [0, 0.05) is 18.7 Å². The lowest BCUT2D eigenvalue weighted by Crippen LogP contribution is -2.38. The Morgan fingerprint density at radius 2 is 1.85 bits per heavy atom. The van der Waals surface area contributed by atoms with E-state index in [1.165, 1.54) is 7.11 Å². The van der Waals surface area contributed by atoms with E-state index in [4.69, 9.17) is 14.3 Å². The van der Waals surface area contributed by atoms with Gasteiger partial charge in [-0.25, -0.2) is 4.79 Å². The third-order valence-corrected chi connectivity index (χ3v) is 6.12. The van der Waals surface area contributed by atoms with E-state index in [0.717, 1.165) is 16.7 Å². The Hall–Kier alpha value is -5.17. The van der Waals surface area contributed by atoms with Crippen LogP contribution in [0.1, 0.15) is 28.4 Å². The van der Waals surface area contributed by atoms with Crippen molar-refractivity contribution >= 4 is 29.6 Å². The Morgan fingerprint density at radius 1 is 1.10 bits per heavy atom. The minimum absolute atomic E-state index is 0.270. The molecule has 0 aromatic heterocycles. The number of esters is 1. The maximum absolute atomic E-state index is 12.9. The van der Waals surface area contributed by atoms with E-state index in [9.17, 15) is 19.7 Å². The van der Waals surface area contributed by atoms with Gasteiger partial charge in [-0.05, 0) is 35.7 Å². The summed E-state index contributed by atoms with van der Waals surface area (Å²) in [5.41, 5.74) is 4.94. The summed E-state index contributed by atoms with van der Waals surface area (Å²) in [5, 5.41) is 19.2. The molecule has 1 aliphatic rings.